The molecule has 0 fully saturated rings. The second-order valence-electron chi connectivity index (χ2n) is 4.24. The SMILES string of the molecule is C/C=C(/C)C(=S)N(C(=O)CC)C(CC)CCC. The van der Waals surface area contributed by atoms with E-state index < -0.39 is 0 Å². The first-order valence-corrected chi connectivity index (χ1v) is 6.93. The molecule has 1 unspecified atom stereocenters. The third kappa shape index (κ3) is 4.58. The van der Waals surface area contributed by atoms with Crippen molar-refractivity contribution in [3.63, 3.8) is 0 Å². The molecule has 2 nitrogen and oxygen atoms in total. The monoisotopic (exact) mass is 255 g/mol. The molecule has 17 heavy (non-hydrogen) atoms. The molecule has 0 aliphatic carbocycles. The maximum atomic E-state index is 12.1. The van der Waals surface area contributed by atoms with E-state index >= 15 is 0 Å². The zero-order valence-corrected chi connectivity index (χ0v) is 12.6. The summed E-state index contributed by atoms with van der Waals surface area (Å²) < 4.78 is 0. The Morgan fingerprint density at radius 1 is 1.35 bits per heavy atom. The predicted molar refractivity (Wildman–Crippen MR) is 78.2 cm³/mol. The van der Waals surface area contributed by atoms with E-state index in [4.69, 9.17) is 12.2 Å². The minimum Gasteiger partial charge on any atom is -0.300 e. The molecule has 0 N–H and O–H groups in total. The summed E-state index contributed by atoms with van der Waals surface area (Å²) in [5.41, 5.74) is 1.01. The number of carbonyl (C=O) groups is 1. The van der Waals surface area contributed by atoms with Crippen LogP contribution in [-0.2, 0) is 4.79 Å². The summed E-state index contributed by atoms with van der Waals surface area (Å²) in [4.78, 5) is 14.6. The molecule has 0 spiro atoms. The van der Waals surface area contributed by atoms with E-state index in [1.54, 1.807) is 0 Å². The molecule has 0 aromatic heterocycles. The number of allylic oxidation sites excluding steroid dienone is 1. The van der Waals surface area contributed by atoms with Crippen LogP contribution in [0.15, 0.2) is 11.6 Å². The van der Waals surface area contributed by atoms with Crippen molar-refractivity contribution in [1.29, 1.82) is 0 Å². The summed E-state index contributed by atoms with van der Waals surface area (Å²) in [6.45, 7) is 10.1. The highest BCUT2D eigenvalue weighted by atomic mass is 32.1. The zero-order valence-electron chi connectivity index (χ0n) is 11.7. The fourth-order valence-electron chi connectivity index (χ4n) is 1.82. The molecule has 1 amide bonds. The van der Waals surface area contributed by atoms with Crippen molar-refractivity contribution in [2.75, 3.05) is 0 Å². The van der Waals surface area contributed by atoms with Crippen LogP contribution < -0.4 is 0 Å². The Morgan fingerprint density at radius 3 is 2.29 bits per heavy atom. The Labute approximate surface area is 111 Å². The van der Waals surface area contributed by atoms with Gasteiger partial charge in [0.05, 0.1) is 0 Å². The van der Waals surface area contributed by atoms with Gasteiger partial charge in [-0.2, -0.15) is 0 Å². The van der Waals surface area contributed by atoms with Gasteiger partial charge in [0, 0.05) is 12.5 Å². The van der Waals surface area contributed by atoms with Crippen LogP contribution in [0, 0.1) is 0 Å². The first kappa shape index (κ1) is 16.3. The van der Waals surface area contributed by atoms with Gasteiger partial charge in [-0.1, -0.05) is 45.5 Å². The molecule has 3 heteroatoms. The number of rotatable bonds is 6. The quantitative estimate of drug-likeness (QED) is 0.526. The third-order valence-electron chi connectivity index (χ3n) is 3.02. The number of hydrogen-bond acceptors (Lipinski definition) is 2. The van der Waals surface area contributed by atoms with Crippen molar-refractivity contribution in [2.45, 2.75) is 66.3 Å². The highest BCUT2D eigenvalue weighted by Gasteiger charge is 2.24. The number of amides is 1. The molecule has 0 aromatic carbocycles. The Balaban J connectivity index is 5.11. The Hall–Kier alpha value is -0.700. The summed E-state index contributed by atoms with van der Waals surface area (Å²) in [6, 6.07) is 0.245. The largest absolute Gasteiger partial charge is 0.300 e. The maximum Gasteiger partial charge on any atom is 0.227 e. The molecule has 0 saturated heterocycles. The minimum absolute atomic E-state index is 0.136. The second-order valence-corrected chi connectivity index (χ2v) is 4.63. The lowest BCUT2D eigenvalue weighted by Gasteiger charge is -2.31. The van der Waals surface area contributed by atoms with E-state index in [2.05, 4.69) is 13.8 Å². The molecule has 0 saturated carbocycles. The van der Waals surface area contributed by atoms with Gasteiger partial charge < -0.3 is 0 Å². The van der Waals surface area contributed by atoms with Crippen molar-refractivity contribution in [3.05, 3.63) is 11.6 Å². The third-order valence-corrected chi connectivity index (χ3v) is 3.54. The van der Waals surface area contributed by atoms with Crippen molar-refractivity contribution in [2.24, 2.45) is 0 Å². The van der Waals surface area contributed by atoms with Gasteiger partial charge in [0.15, 0.2) is 0 Å². The van der Waals surface area contributed by atoms with Crippen molar-refractivity contribution < 1.29 is 4.79 Å². The summed E-state index contributed by atoms with van der Waals surface area (Å²) >= 11 is 5.43. The highest BCUT2D eigenvalue weighted by molar-refractivity contribution is 7.80. The molecule has 0 aliphatic heterocycles. The Bertz CT molecular complexity index is 297. The van der Waals surface area contributed by atoms with E-state index in [-0.39, 0.29) is 11.9 Å². The number of hydrogen-bond donors (Lipinski definition) is 0. The van der Waals surface area contributed by atoms with Gasteiger partial charge in [0.2, 0.25) is 5.91 Å². The van der Waals surface area contributed by atoms with Crippen LogP contribution in [0.2, 0.25) is 0 Å². The first-order chi connectivity index (χ1) is 8.03. The van der Waals surface area contributed by atoms with E-state index in [1.807, 2.05) is 31.7 Å². The topological polar surface area (TPSA) is 20.3 Å². The summed E-state index contributed by atoms with van der Waals surface area (Å²) in [5, 5.41) is 0. The smallest absolute Gasteiger partial charge is 0.227 e. The van der Waals surface area contributed by atoms with Crippen LogP contribution in [0.1, 0.15) is 60.3 Å². The van der Waals surface area contributed by atoms with Crippen molar-refractivity contribution in [1.82, 2.24) is 4.90 Å². The van der Waals surface area contributed by atoms with Crippen LogP contribution in [0.25, 0.3) is 0 Å². The van der Waals surface area contributed by atoms with E-state index in [0.717, 1.165) is 24.8 Å². The summed E-state index contributed by atoms with van der Waals surface area (Å²) in [5.74, 6) is 0.136. The highest BCUT2D eigenvalue weighted by Crippen LogP contribution is 2.17. The lowest BCUT2D eigenvalue weighted by molar-refractivity contribution is -0.128. The van der Waals surface area contributed by atoms with Gasteiger partial charge in [-0.3, -0.25) is 9.69 Å². The molecule has 98 valence electrons. The summed E-state index contributed by atoms with van der Waals surface area (Å²) in [7, 11) is 0. The average Bonchev–Trinajstić information content (AvgIpc) is 2.36. The molecule has 0 rings (SSSR count). The summed E-state index contributed by atoms with van der Waals surface area (Å²) in [6.07, 6.45) is 5.52. The van der Waals surface area contributed by atoms with Gasteiger partial charge >= 0.3 is 0 Å². The fraction of sp³-hybridized carbons (Fsp3) is 0.714. The average molecular weight is 255 g/mol. The van der Waals surface area contributed by atoms with Crippen LogP contribution in [0.3, 0.4) is 0 Å². The van der Waals surface area contributed by atoms with Crippen molar-refractivity contribution in [3.8, 4) is 0 Å². The van der Waals surface area contributed by atoms with E-state index in [9.17, 15) is 4.79 Å². The molecule has 0 bridgehead atoms. The standard InChI is InChI=1S/C14H25NOS/c1-6-10-12(8-3)15(13(16)9-4)14(17)11(5)7-2/h7,12H,6,8-10H2,1-5H3/b11-7-. The molecule has 0 aliphatic rings. The zero-order chi connectivity index (χ0) is 13.4. The van der Waals surface area contributed by atoms with Gasteiger partial charge in [0.1, 0.15) is 4.99 Å². The Kier molecular flexibility index (Phi) is 8.05. The lowest BCUT2D eigenvalue weighted by Crippen LogP contribution is -2.43. The normalized spacial score (nSPS) is 13.4. The first-order valence-electron chi connectivity index (χ1n) is 6.52. The van der Waals surface area contributed by atoms with E-state index in [0.29, 0.717) is 11.4 Å². The maximum absolute atomic E-state index is 12.1. The fourth-order valence-corrected chi connectivity index (χ4v) is 2.18. The van der Waals surface area contributed by atoms with Gasteiger partial charge in [0.25, 0.3) is 0 Å². The number of nitrogens with zero attached hydrogens (tertiary/aromatic N) is 1. The van der Waals surface area contributed by atoms with Crippen LogP contribution in [0.5, 0.6) is 0 Å². The minimum atomic E-state index is 0.136. The lowest BCUT2D eigenvalue weighted by atomic mass is 10.1. The van der Waals surface area contributed by atoms with Gasteiger partial charge in [-0.15, -0.1) is 0 Å². The molecule has 0 radical (unpaired) electrons. The van der Waals surface area contributed by atoms with Crippen molar-refractivity contribution >= 4 is 23.1 Å². The Morgan fingerprint density at radius 2 is 1.94 bits per heavy atom. The number of thiocarbonyl (C=S) groups is 1. The van der Waals surface area contributed by atoms with E-state index in [1.165, 1.54) is 0 Å². The second kappa shape index (κ2) is 8.40. The van der Waals surface area contributed by atoms with Crippen LogP contribution in [0.4, 0.5) is 0 Å². The van der Waals surface area contributed by atoms with Crippen LogP contribution >= 0.6 is 12.2 Å². The molecule has 1 atom stereocenters. The molecule has 0 aromatic rings. The molecular formula is C14H25NOS. The number of carbonyl (C=O) groups excluding carboxylic acids is 1. The van der Waals surface area contributed by atoms with Crippen LogP contribution in [-0.4, -0.2) is 21.8 Å². The van der Waals surface area contributed by atoms with Gasteiger partial charge in [-0.25, -0.2) is 0 Å². The predicted octanol–water partition coefficient (Wildman–Crippen LogP) is 4.10. The molecule has 0 heterocycles. The van der Waals surface area contributed by atoms with Gasteiger partial charge in [-0.05, 0) is 32.3 Å². The molecular weight excluding hydrogens is 230 g/mol.